The van der Waals surface area contributed by atoms with Crippen molar-refractivity contribution in [3.05, 3.63) is 131 Å². The summed E-state index contributed by atoms with van der Waals surface area (Å²) in [5.41, 5.74) is 9.96. The first-order valence-electron chi connectivity index (χ1n) is 14.9. The van der Waals surface area contributed by atoms with Crippen LogP contribution in [0.1, 0.15) is 47.7 Å². The van der Waals surface area contributed by atoms with Crippen LogP contribution in [0.2, 0.25) is 0 Å². The minimum absolute atomic E-state index is 0.783. The fourth-order valence-corrected chi connectivity index (χ4v) is 5.88. The maximum atomic E-state index is 5.80. The molecule has 2 heterocycles. The Morgan fingerprint density at radius 1 is 0.780 bits per heavy atom. The summed E-state index contributed by atoms with van der Waals surface area (Å²) in [6.07, 6.45) is 3.24. The first-order valence-corrected chi connectivity index (χ1v) is 14.9. The molecule has 0 atom stereocenters. The van der Waals surface area contributed by atoms with Crippen molar-refractivity contribution in [3.63, 3.8) is 0 Å². The van der Waals surface area contributed by atoms with E-state index in [-0.39, 0.29) is 0 Å². The van der Waals surface area contributed by atoms with Crippen LogP contribution in [0.4, 0.5) is 0 Å². The monoisotopic (exact) mass is 541 g/mol. The van der Waals surface area contributed by atoms with E-state index < -0.39 is 0 Å². The molecule has 41 heavy (non-hydrogen) atoms. The molecule has 0 saturated heterocycles. The van der Waals surface area contributed by atoms with Gasteiger partial charge in [0.15, 0.2) is 0 Å². The Morgan fingerprint density at radius 3 is 2.24 bits per heavy atom. The van der Waals surface area contributed by atoms with Crippen molar-refractivity contribution in [1.29, 1.82) is 0 Å². The van der Waals surface area contributed by atoms with Crippen LogP contribution in [0.5, 0.6) is 5.75 Å². The lowest BCUT2D eigenvalue weighted by Gasteiger charge is -2.25. The van der Waals surface area contributed by atoms with Crippen LogP contribution in [-0.2, 0) is 32.6 Å². The molecule has 5 aromatic rings. The largest absolute Gasteiger partial charge is 0.493 e. The van der Waals surface area contributed by atoms with E-state index in [4.69, 9.17) is 9.72 Å². The topological polar surface area (TPSA) is 30.3 Å². The van der Waals surface area contributed by atoms with E-state index in [1.807, 2.05) is 0 Å². The summed E-state index contributed by atoms with van der Waals surface area (Å²) in [7, 11) is 0. The van der Waals surface area contributed by atoms with E-state index in [1.165, 1.54) is 33.5 Å². The fraction of sp³-hybridized carbons (Fsp3) is 0.270. The summed E-state index contributed by atoms with van der Waals surface area (Å²) in [5, 5.41) is 0. The molecule has 4 nitrogen and oxygen atoms in total. The highest BCUT2D eigenvalue weighted by Crippen LogP contribution is 2.32. The Hall–Kier alpha value is -4.15. The standard InChI is InChI=1S/C37H39N3O/c1-3-4-21-40-34(36(31-14-7-5-8-15-31)38-37(40)32-16-9-6-10-17-32)27-39(25-29-13-11-12-28(2)23-29)26-30-18-19-35-33(24-30)20-22-41-35/h5-19,23-24H,3-4,20-22,25-27H2,1-2H3. The Morgan fingerprint density at radius 2 is 1.51 bits per heavy atom. The summed E-state index contributed by atoms with van der Waals surface area (Å²) >= 11 is 0. The molecule has 4 heteroatoms. The van der Waals surface area contributed by atoms with Crippen LogP contribution in [-0.4, -0.2) is 21.1 Å². The number of hydrogen-bond donors (Lipinski definition) is 0. The van der Waals surface area contributed by atoms with Crippen molar-refractivity contribution in [1.82, 2.24) is 14.5 Å². The number of ether oxygens (including phenoxy) is 1. The van der Waals surface area contributed by atoms with Gasteiger partial charge in [0.25, 0.3) is 0 Å². The smallest absolute Gasteiger partial charge is 0.140 e. The normalized spacial score (nSPS) is 12.5. The average molecular weight is 542 g/mol. The number of nitrogens with zero attached hydrogens (tertiary/aromatic N) is 3. The maximum Gasteiger partial charge on any atom is 0.140 e. The molecule has 0 spiro atoms. The predicted octanol–water partition coefficient (Wildman–Crippen LogP) is 8.46. The van der Waals surface area contributed by atoms with E-state index in [0.29, 0.717) is 0 Å². The molecule has 1 aliphatic rings. The van der Waals surface area contributed by atoms with Crippen molar-refractivity contribution in [3.8, 4) is 28.4 Å². The highest BCUT2D eigenvalue weighted by atomic mass is 16.5. The molecule has 4 aromatic carbocycles. The molecule has 6 rings (SSSR count). The molecule has 0 saturated carbocycles. The van der Waals surface area contributed by atoms with Crippen LogP contribution >= 0.6 is 0 Å². The van der Waals surface area contributed by atoms with Crippen molar-refractivity contribution >= 4 is 0 Å². The van der Waals surface area contributed by atoms with Gasteiger partial charge in [-0.05, 0) is 36.1 Å². The number of hydrogen-bond acceptors (Lipinski definition) is 3. The van der Waals surface area contributed by atoms with Crippen molar-refractivity contribution < 1.29 is 4.74 Å². The van der Waals surface area contributed by atoms with Crippen molar-refractivity contribution in [2.75, 3.05) is 6.61 Å². The molecule has 0 N–H and O–H groups in total. The fourth-order valence-electron chi connectivity index (χ4n) is 5.88. The second-order valence-electron chi connectivity index (χ2n) is 11.1. The van der Waals surface area contributed by atoms with Gasteiger partial charge in [-0.3, -0.25) is 4.90 Å². The zero-order valence-corrected chi connectivity index (χ0v) is 24.2. The van der Waals surface area contributed by atoms with Crippen molar-refractivity contribution in [2.45, 2.75) is 59.3 Å². The average Bonchev–Trinajstić information content (AvgIpc) is 3.61. The van der Waals surface area contributed by atoms with Crippen LogP contribution in [0.3, 0.4) is 0 Å². The molecule has 0 radical (unpaired) electrons. The van der Waals surface area contributed by atoms with Gasteiger partial charge in [0.2, 0.25) is 0 Å². The van der Waals surface area contributed by atoms with Gasteiger partial charge < -0.3 is 9.30 Å². The molecular formula is C37H39N3O. The van der Waals surface area contributed by atoms with E-state index in [1.54, 1.807) is 0 Å². The molecule has 0 aliphatic carbocycles. The highest BCUT2D eigenvalue weighted by molar-refractivity contribution is 5.68. The van der Waals surface area contributed by atoms with E-state index in [2.05, 4.69) is 126 Å². The van der Waals surface area contributed by atoms with Crippen molar-refractivity contribution in [2.24, 2.45) is 0 Å². The lowest BCUT2D eigenvalue weighted by atomic mass is 10.1. The molecule has 208 valence electrons. The van der Waals surface area contributed by atoms with E-state index in [9.17, 15) is 0 Å². The SMILES string of the molecule is CCCCn1c(-c2ccccc2)nc(-c2ccccc2)c1CN(Cc1cccc(C)c1)Cc1ccc2c(c1)CCO2. The Kier molecular flexibility index (Phi) is 8.29. The molecule has 0 amide bonds. The number of fused-ring (bicyclic) bond motifs is 1. The van der Waals surface area contributed by atoms with Gasteiger partial charge in [-0.1, -0.05) is 116 Å². The van der Waals surface area contributed by atoms with Gasteiger partial charge in [-0.25, -0.2) is 4.98 Å². The summed E-state index contributed by atoms with van der Waals surface area (Å²) in [6.45, 7) is 8.69. The third-order valence-corrected chi connectivity index (χ3v) is 7.91. The molecular weight excluding hydrogens is 502 g/mol. The first kappa shape index (κ1) is 27.0. The van der Waals surface area contributed by atoms with Crippen LogP contribution < -0.4 is 4.74 Å². The number of rotatable bonds is 11. The van der Waals surface area contributed by atoms with Gasteiger partial charge >= 0.3 is 0 Å². The Balaban J connectivity index is 1.44. The molecule has 1 aliphatic heterocycles. The number of benzene rings is 4. The lowest BCUT2D eigenvalue weighted by molar-refractivity contribution is 0.241. The van der Waals surface area contributed by atoms with E-state index >= 15 is 0 Å². The minimum atomic E-state index is 0.783. The third-order valence-electron chi connectivity index (χ3n) is 7.91. The molecule has 0 unspecified atom stereocenters. The quantitative estimate of drug-likeness (QED) is 0.168. The molecule has 0 fully saturated rings. The zero-order valence-electron chi connectivity index (χ0n) is 24.2. The molecule has 1 aromatic heterocycles. The second kappa shape index (κ2) is 12.6. The first-order chi connectivity index (χ1) is 20.2. The predicted molar refractivity (Wildman–Crippen MR) is 168 cm³/mol. The minimum Gasteiger partial charge on any atom is -0.493 e. The summed E-state index contributed by atoms with van der Waals surface area (Å²) in [5.74, 6) is 2.09. The second-order valence-corrected chi connectivity index (χ2v) is 11.1. The van der Waals surface area contributed by atoms with Gasteiger partial charge in [0.05, 0.1) is 18.0 Å². The number of imidazole rings is 1. The Bertz CT molecular complexity index is 1590. The summed E-state index contributed by atoms with van der Waals surface area (Å²) in [6, 6.07) is 37.0. The van der Waals surface area contributed by atoms with Crippen LogP contribution in [0, 0.1) is 6.92 Å². The van der Waals surface area contributed by atoms with Crippen LogP contribution in [0.15, 0.2) is 103 Å². The van der Waals surface area contributed by atoms with Crippen LogP contribution in [0.25, 0.3) is 22.6 Å². The lowest BCUT2D eigenvalue weighted by Crippen LogP contribution is -2.24. The van der Waals surface area contributed by atoms with Gasteiger partial charge in [0.1, 0.15) is 11.6 Å². The third kappa shape index (κ3) is 6.28. The summed E-state index contributed by atoms with van der Waals surface area (Å²) < 4.78 is 8.29. The summed E-state index contributed by atoms with van der Waals surface area (Å²) in [4.78, 5) is 7.93. The maximum absolute atomic E-state index is 5.80. The van der Waals surface area contributed by atoms with Gasteiger partial charge in [-0.2, -0.15) is 0 Å². The number of unbranched alkanes of at least 4 members (excludes halogenated alkanes) is 1. The highest BCUT2D eigenvalue weighted by Gasteiger charge is 2.22. The number of aromatic nitrogens is 2. The van der Waals surface area contributed by atoms with Gasteiger partial charge in [0, 0.05) is 43.7 Å². The number of aryl methyl sites for hydroxylation is 1. The van der Waals surface area contributed by atoms with E-state index in [0.717, 1.165) is 74.9 Å². The zero-order chi connectivity index (χ0) is 28.0. The van der Waals surface area contributed by atoms with Gasteiger partial charge in [-0.15, -0.1) is 0 Å². The Labute approximate surface area is 244 Å². The molecule has 0 bridgehead atoms.